The van der Waals surface area contributed by atoms with Gasteiger partial charge in [-0.1, -0.05) is 18.2 Å². The quantitative estimate of drug-likeness (QED) is 0.478. The summed E-state index contributed by atoms with van der Waals surface area (Å²) in [5, 5.41) is 14.4. The first-order chi connectivity index (χ1) is 12.2. The molecule has 2 N–H and O–H groups in total. The van der Waals surface area contributed by atoms with Gasteiger partial charge in [0, 0.05) is 39.6 Å². The molecule has 0 spiro atoms. The summed E-state index contributed by atoms with van der Waals surface area (Å²) in [7, 11) is 0.692. The van der Waals surface area contributed by atoms with Crippen LogP contribution >= 0.6 is 0 Å². The van der Waals surface area contributed by atoms with E-state index in [1.54, 1.807) is 7.11 Å². The number of ether oxygens (including phenoxy) is 1. The van der Waals surface area contributed by atoms with Crippen molar-refractivity contribution < 1.29 is 14.1 Å². The minimum Gasteiger partial charge on any atom is -0.497 e. The Balaban J connectivity index is 1.91. The smallest absolute Gasteiger partial charge is 0.119 e. The van der Waals surface area contributed by atoms with Gasteiger partial charge in [-0.05, 0) is 30.7 Å². The average Bonchev–Trinajstić information content (AvgIpc) is 2.64. The maximum atomic E-state index is 11.7. The van der Waals surface area contributed by atoms with Gasteiger partial charge in [0.25, 0.3) is 0 Å². The van der Waals surface area contributed by atoms with Crippen LogP contribution in [0.1, 0.15) is 6.42 Å². The van der Waals surface area contributed by atoms with Crippen LogP contribution in [0.4, 0.5) is 5.69 Å². The lowest BCUT2D eigenvalue weighted by Gasteiger charge is -2.14. The standard InChI is InChI=1S/C19H22N2O3S/c1-24-14-7-8-18-16(13-14)19(15-5-2-3-6-17(15)21-18)20-9-4-11-25(23)12-10-22/h2-3,5-8,13,22H,4,9-12H2,1H3,(H,20,21). The highest BCUT2D eigenvalue weighted by atomic mass is 32.2. The topological polar surface area (TPSA) is 71.5 Å². The highest BCUT2D eigenvalue weighted by molar-refractivity contribution is 7.84. The third-order valence-corrected chi connectivity index (χ3v) is 5.44. The van der Waals surface area contributed by atoms with E-state index >= 15 is 0 Å². The monoisotopic (exact) mass is 358 g/mol. The summed E-state index contributed by atoms with van der Waals surface area (Å²) < 4.78 is 17.0. The lowest BCUT2D eigenvalue weighted by molar-refractivity contribution is 0.321. The van der Waals surface area contributed by atoms with Crippen molar-refractivity contribution in [3.8, 4) is 5.75 Å². The summed E-state index contributed by atoms with van der Waals surface area (Å²) >= 11 is 0. The van der Waals surface area contributed by atoms with E-state index in [1.807, 2.05) is 42.5 Å². The van der Waals surface area contributed by atoms with Crippen molar-refractivity contribution in [1.82, 2.24) is 4.98 Å². The maximum absolute atomic E-state index is 11.7. The molecule has 3 aromatic rings. The zero-order chi connectivity index (χ0) is 17.6. The van der Waals surface area contributed by atoms with Gasteiger partial charge in [0.15, 0.2) is 0 Å². The second kappa shape index (κ2) is 8.27. The van der Waals surface area contributed by atoms with Crippen LogP contribution in [0.15, 0.2) is 42.5 Å². The van der Waals surface area contributed by atoms with Gasteiger partial charge in [-0.25, -0.2) is 4.98 Å². The van der Waals surface area contributed by atoms with Crippen molar-refractivity contribution in [3.63, 3.8) is 0 Å². The molecule has 0 aliphatic heterocycles. The lowest BCUT2D eigenvalue weighted by Crippen LogP contribution is -2.11. The molecule has 2 aromatic carbocycles. The second-order valence-corrected chi connectivity index (χ2v) is 7.44. The molecule has 132 valence electrons. The van der Waals surface area contributed by atoms with Crippen LogP contribution in [0.25, 0.3) is 21.8 Å². The van der Waals surface area contributed by atoms with Crippen molar-refractivity contribution >= 4 is 38.3 Å². The van der Waals surface area contributed by atoms with Gasteiger partial charge >= 0.3 is 0 Å². The third-order valence-electron chi connectivity index (χ3n) is 4.06. The highest BCUT2D eigenvalue weighted by Crippen LogP contribution is 2.32. The van der Waals surface area contributed by atoms with E-state index in [0.29, 0.717) is 18.1 Å². The summed E-state index contributed by atoms with van der Waals surface area (Å²) in [5.41, 5.74) is 2.87. The summed E-state index contributed by atoms with van der Waals surface area (Å²) in [6.07, 6.45) is 0.773. The number of aliphatic hydroxyl groups excluding tert-OH is 1. The summed E-state index contributed by atoms with van der Waals surface area (Å²) in [6.45, 7) is 0.678. The molecule has 0 fully saturated rings. The first kappa shape index (κ1) is 17.6. The molecule has 0 bridgehead atoms. The Morgan fingerprint density at radius 1 is 1.12 bits per heavy atom. The number of fused-ring (bicyclic) bond motifs is 2. The number of benzene rings is 2. The summed E-state index contributed by atoms with van der Waals surface area (Å²) in [5.74, 6) is 1.72. The van der Waals surface area contributed by atoms with E-state index in [-0.39, 0.29) is 6.61 Å². The van der Waals surface area contributed by atoms with Crippen molar-refractivity contribution in [2.75, 3.05) is 37.1 Å². The van der Waals surface area contributed by atoms with E-state index < -0.39 is 10.8 Å². The van der Waals surface area contributed by atoms with Gasteiger partial charge < -0.3 is 15.2 Å². The van der Waals surface area contributed by atoms with Crippen molar-refractivity contribution in [2.24, 2.45) is 0 Å². The van der Waals surface area contributed by atoms with Crippen LogP contribution in [0.3, 0.4) is 0 Å². The molecule has 0 radical (unpaired) electrons. The Labute approximate surface area is 149 Å². The molecule has 1 aromatic heterocycles. The molecule has 6 heteroatoms. The Morgan fingerprint density at radius 2 is 1.92 bits per heavy atom. The van der Waals surface area contributed by atoms with Crippen molar-refractivity contribution in [1.29, 1.82) is 0 Å². The van der Waals surface area contributed by atoms with Gasteiger partial charge in [0.2, 0.25) is 0 Å². The fourth-order valence-electron chi connectivity index (χ4n) is 2.84. The van der Waals surface area contributed by atoms with Crippen LogP contribution in [-0.4, -0.2) is 46.1 Å². The molecule has 3 rings (SSSR count). The lowest BCUT2D eigenvalue weighted by atomic mass is 10.1. The Bertz CT molecular complexity index is 898. The van der Waals surface area contributed by atoms with E-state index in [0.717, 1.165) is 39.7 Å². The predicted molar refractivity (Wildman–Crippen MR) is 104 cm³/mol. The molecule has 0 amide bonds. The molecule has 0 saturated heterocycles. The fraction of sp³-hybridized carbons (Fsp3) is 0.316. The number of rotatable bonds is 8. The van der Waals surface area contributed by atoms with Crippen molar-refractivity contribution in [3.05, 3.63) is 42.5 Å². The summed E-state index contributed by atoms with van der Waals surface area (Å²) in [4.78, 5) is 4.72. The Hall–Kier alpha value is -2.18. The molecule has 1 atom stereocenters. The number of hydrogen-bond acceptors (Lipinski definition) is 5. The number of anilines is 1. The SMILES string of the molecule is COc1ccc2nc3ccccc3c(NCCCS(=O)CCO)c2c1. The van der Waals surface area contributed by atoms with Gasteiger partial charge in [-0.15, -0.1) is 0 Å². The van der Waals surface area contributed by atoms with E-state index in [4.69, 9.17) is 14.8 Å². The third kappa shape index (κ3) is 4.08. The predicted octanol–water partition coefficient (Wildman–Crippen LogP) is 2.94. The average molecular weight is 358 g/mol. The number of aliphatic hydroxyl groups is 1. The van der Waals surface area contributed by atoms with E-state index in [2.05, 4.69) is 5.32 Å². The molecular weight excluding hydrogens is 336 g/mol. The molecule has 0 aliphatic carbocycles. The van der Waals surface area contributed by atoms with E-state index in [1.165, 1.54) is 0 Å². The second-order valence-electron chi connectivity index (χ2n) is 5.74. The van der Waals surface area contributed by atoms with Crippen LogP contribution in [-0.2, 0) is 10.8 Å². The van der Waals surface area contributed by atoms with Crippen LogP contribution in [0.2, 0.25) is 0 Å². The summed E-state index contributed by atoms with van der Waals surface area (Å²) in [6, 6.07) is 13.9. The van der Waals surface area contributed by atoms with Gasteiger partial charge in [0.1, 0.15) is 5.75 Å². The molecule has 5 nitrogen and oxygen atoms in total. The van der Waals surface area contributed by atoms with Gasteiger partial charge in [-0.2, -0.15) is 0 Å². The zero-order valence-corrected chi connectivity index (χ0v) is 15.0. The first-order valence-corrected chi connectivity index (χ1v) is 9.78. The number of para-hydroxylation sites is 1. The van der Waals surface area contributed by atoms with Crippen LogP contribution in [0, 0.1) is 0 Å². The number of nitrogens with one attached hydrogen (secondary N) is 1. The van der Waals surface area contributed by atoms with E-state index in [9.17, 15) is 4.21 Å². The number of methoxy groups -OCH3 is 1. The normalized spacial score (nSPS) is 12.4. The Kier molecular flexibility index (Phi) is 5.83. The number of aromatic nitrogens is 1. The maximum Gasteiger partial charge on any atom is 0.119 e. The van der Waals surface area contributed by atoms with Crippen LogP contribution < -0.4 is 10.1 Å². The molecule has 1 unspecified atom stereocenters. The Morgan fingerprint density at radius 3 is 2.72 bits per heavy atom. The van der Waals surface area contributed by atoms with Crippen LogP contribution in [0.5, 0.6) is 5.75 Å². The minimum atomic E-state index is -0.960. The zero-order valence-electron chi connectivity index (χ0n) is 14.2. The minimum absolute atomic E-state index is 0.0283. The number of pyridine rings is 1. The molecular formula is C19H22N2O3S. The largest absolute Gasteiger partial charge is 0.497 e. The molecule has 0 aliphatic rings. The highest BCUT2D eigenvalue weighted by Gasteiger charge is 2.10. The first-order valence-electron chi connectivity index (χ1n) is 8.29. The van der Waals surface area contributed by atoms with Crippen molar-refractivity contribution in [2.45, 2.75) is 6.42 Å². The van der Waals surface area contributed by atoms with Gasteiger partial charge in [0.05, 0.1) is 30.4 Å². The number of nitrogens with zero attached hydrogens (tertiary/aromatic N) is 1. The fourth-order valence-corrected chi connectivity index (χ4v) is 3.71. The molecule has 0 saturated carbocycles. The number of hydrogen-bond donors (Lipinski definition) is 2. The van der Waals surface area contributed by atoms with Gasteiger partial charge in [-0.3, -0.25) is 4.21 Å². The molecule has 1 heterocycles. The molecule has 25 heavy (non-hydrogen) atoms.